The summed E-state index contributed by atoms with van der Waals surface area (Å²) in [5, 5.41) is 4.05. The number of hydrogen-bond acceptors (Lipinski definition) is 3. The number of hydrogen-bond donors (Lipinski definition) is 0. The molecular weight excluding hydrogens is 202 g/mol. The highest BCUT2D eigenvalue weighted by Crippen LogP contribution is 2.09. The van der Waals surface area contributed by atoms with Crippen LogP contribution in [0.25, 0.3) is 0 Å². The van der Waals surface area contributed by atoms with Crippen LogP contribution in [0.5, 0.6) is 0 Å². The third-order valence-electron chi connectivity index (χ3n) is 2.30. The summed E-state index contributed by atoms with van der Waals surface area (Å²) >= 11 is 0. The predicted molar refractivity (Wildman–Crippen MR) is 54.3 cm³/mol. The Kier molecular flexibility index (Phi) is 2.96. The van der Waals surface area contributed by atoms with Crippen LogP contribution in [-0.2, 0) is 23.6 Å². The average Bonchev–Trinajstić information content (AvgIpc) is 2.34. The molecule has 0 saturated carbocycles. The van der Waals surface area contributed by atoms with E-state index in [9.17, 15) is 8.42 Å². The van der Waals surface area contributed by atoms with E-state index in [1.54, 1.807) is 17.9 Å². The van der Waals surface area contributed by atoms with E-state index in [4.69, 9.17) is 0 Å². The molecule has 0 aliphatic rings. The largest absolute Gasteiger partial charge is 0.273 e. The number of sulfonamides is 1. The fraction of sp³-hybridized carbons (Fsp3) is 0.625. The van der Waals surface area contributed by atoms with Crippen molar-refractivity contribution in [1.82, 2.24) is 14.1 Å². The fourth-order valence-electron chi connectivity index (χ4n) is 1.06. The van der Waals surface area contributed by atoms with Crippen molar-refractivity contribution in [3.05, 3.63) is 17.5 Å². The van der Waals surface area contributed by atoms with E-state index >= 15 is 0 Å². The third kappa shape index (κ3) is 2.33. The van der Waals surface area contributed by atoms with Gasteiger partial charge in [-0.15, -0.1) is 0 Å². The van der Waals surface area contributed by atoms with Gasteiger partial charge in [0.1, 0.15) is 0 Å². The van der Waals surface area contributed by atoms with Gasteiger partial charge in [-0.25, -0.2) is 12.7 Å². The van der Waals surface area contributed by atoms with E-state index in [0.29, 0.717) is 6.54 Å². The van der Waals surface area contributed by atoms with E-state index in [1.165, 1.54) is 10.6 Å². The Hall–Kier alpha value is -0.880. The van der Waals surface area contributed by atoms with E-state index in [2.05, 4.69) is 5.10 Å². The lowest BCUT2D eigenvalue weighted by Gasteiger charge is -2.13. The normalized spacial score (nSPS) is 12.4. The zero-order chi connectivity index (χ0) is 10.9. The minimum Gasteiger partial charge on any atom is -0.273 e. The lowest BCUT2D eigenvalue weighted by molar-refractivity contribution is 0.471. The van der Waals surface area contributed by atoms with Crippen LogP contribution in [-0.4, -0.2) is 35.8 Å². The Balaban J connectivity index is 2.85. The monoisotopic (exact) mass is 217 g/mol. The molecule has 0 spiro atoms. The second kappa shape index (κ2) is 3.70. The van der Waals surface area contributed by atoms with Gasteiger partial charge in [0.25, 0.3) is 0 Å². The number of nitrogens with zero attached hydrogens (tertiary/aromatic N) is 3. The van der Waals surface area contributed by atoms with Crippen LogP contribution < -0.4 is 0 Å². The van der Waals surface area contributed by atoms with Crippen molar-refractivity contribution in [3.8, 4) is 0 Å². The Labute approximate surface area is 84.4 Å². The van der Waals surface area contributed by atoms with Gasteiger partial charge in [-0.2, -0.15) is 5.10 Å². The molecule has 1 aromatic rings. The molecule has 5 nitrogen and oxygen atoms in total. The SMILES string of the molecule is Cc1c(CN(C)S(C)(=O)=O)cnn1C. The smallest absolute Gasteiger partial charge is 0.211 e. The van der Waals surface area contributed by atoms with Crippen molar-refractivity contribution in [2.45, 2.75) is 13.5 Å². The molecule has 6 heteroatoms. The van der Waals surface area contributed by atoms with Gasteiger partial charge in [-0.1, -0.05) is 0 Å². The highest BCUT2D eigenvalue weighted by Gasteiger charge is 2.13. The van der Waals surface area contributed by atoms with Crippen LogP contribution in [0.2, 0.25) is 0 Å². The maximum atomic E-state index is 11.2. The lowest BCUT2D eigenvalue weighted by Crippen LogP contribution is -2.25. The second-order valence-corrected chi connectivity index (χ2v) is 5.49. The maximum absolute atomic E-state index is 11.2. The Bertz CT molecular complexity index is 422. The molecule has 1 aromatic heterocycles. The Morgan fingerprint density at radius 3 is 2.50 bits per heavy atom. The van der Waals surface area contributed by atoms with Crippen molar-refractivity contribution in [1.29, 1.82) is 0 Å². The molecule has 1 rings (SSSR count). The summed E-state index contributed by atoms with van der Waals surface area (Å²) in [4.78, 5) is 0. The molecule has 0 fully saturated rings. The lowest BCUT2D eigenvalue weighted by atomic mass is 10.3. The Morgan fingerprint density at radius 2 is 2.14 bits per heavy atom. The molecule has 0 unspecified atom stereocenters. The molecule has 0 aromatic carbocycles. The summed E-state index contributed by atoms with van der Waals surface area (Å²) in [6, 6.07) is 0. The quantitative estimate of drug-likeness (QED) is 0.722. The van der Waals surface area contributed by atoms with E-state index in [1.807, 2.05) is 14.0 Å². The predicted octanol–water partition coefficient (Wildman–Crippen LogP) is 0.120. The first kappa shape index (κ1) is 11.2. The first-order valence-corrected chi connectivity index (χ1v) is 6.06. The molecule has 0 N–H and O–H groups in total. The topological polar surface area (TPSA) is 55.2 Å². The van der Waals surface area contributed by atoms with Gasteiger partial charge >= 0.3 is 0 Å². The molecule has 14 heavy (non-hydrogen) atoms. The van der Waals surface area contributed by atoms with Gasteiger partial charge in [0.05, 0.1) is 12.5 Å². The van der Waals surface area contributed by atoms with Crippen molar-refractivity contribution < 1.29 is 8.42 Å². The minimum absolute atomic E-state index is 0.374. The summed E-state index contributed by atoms with van der Waals surface area (Å²) in [6.07, 6.45) is 2.88. The number of aromatic nitrogens is 2. The summed E-state index contributed by atoms with van der Waals surface area (Å²) in [5.41, 5.74) is 1.92. The molecule has 0 aliphatic heterocycles. The van der Waals surface area contributed by atoms with E-state index in [-0.39, 0.29) is 0 Å². The highest BCUT2D eigenvalue weighted by molar-refractivity contribution is 7.88. The average molecular weight is 217 g/mol. The highest BCUT2D eigenvalue weighted by atomic mass is 32.2. The molecule has 0 bridgehead atoms. The van der Waals surface area contributed by atoms with Crippen LogP contribution in [0.1, 0.15) is 11.3 Å². The summed E-state index contributed by atoms with van der Waals surface area (Å²) in [6.45, 7) is 2.29. The standard InChI is InChI=1S/C8H15N3O2S/c1-7-8(5-9-11(7)3)6-10(2)14(4,12)13/h5H,6H2,1-4H3. The number of rotatable bonds is 3. The van der Waals surface area contributed by atoms with Crippen LogP contribution in [0.15, 0.2) is 6.20 Å². The molecule has 0 saturated heterocycles. The van der Waals surface area contributed by atoms with E-state index < -0.39 is 10.0 Å². The first-order chi connectivity index (χ1) is 6.32. The molecule has 0 radical (unpaired) electrons. The first-order valence-electron chi connectivity index (χ1n) is 4.21. The summed E-state index contributed by atoms with van der Waals surface area (Å²) in [5.74, 6) is 0. The Morgan fingerprint density at radius 1 is 1.57 bits per heavy atom. The van der Waals surface area contributed by atoms with Crippen LogP contribution >= 0.6 is 0 Å². The maximum Gasteiger partial charge on any atom is 0.211 e. The zero-order valence-corrected chi connectivity index (χ0v) is 9.67. The molecule has 0 amide bonds. The van der Waals surface area contributed by atoms with Gasteiger partial charge < -0.3 is 0 Å². The fourth-order valence-corrected chi connectivity index (χ4v) is 1.43. The van der Waals surface area contributed by atoms with Crippen molar-refractivity contribution in [3.63, 3.8) is 0 Å². The molecule has 0 aliphatic carbocycles. The van der Waals surface area contributed by atoms with Gasteiger partial charge in [0.15, 0.2) is 0 Å². The van der Waals surface area contributed by atoms with Gasteiger partial charge in [-0.05, 0) is 6.92 Å². The van der Waals surface area contributed by atoms with Crippen molar-refractivity contribution >= 4 is 10.0 Å². The summed E-state index contributed by atoms with van der Waals surface area (Å²) < 4.78 is 25.3. The van der Waals surface area contributed by atoms with E-state index in [0.717, 1.165) is 11.3 Å². The number of aryl methyl sites for hydroxylation is 1. The second-order valence-electron chi connectivity index (χ2n) is 3.40. The van der Waals surface area contributed by atoms with Crippen molar-refractivity contribution in [2.24, 2.45) is 7.05 Å². The van der Waals surface area contributed by atoms with Crippen LogP contribution in [0.3, 0.4) is 0 Å². The molecule has 1 heterocycles. The van der Waals surface area contributed by atoms with Gasteiger partial charge in [0.2, 0.25) is 10.0 Å². The molecule has 80 valence electrons. The zero-order valence-electron chi connectivity index (χ0n) is 8.85. The van der Waals surface area contributed by atoms with Crippen molar-refractivity contribution in [2.75, 3.05) is 13.3 Å². The van der Waals surface area contributed by atoms with Crippen LogP contribution in [0, 0.1) is 6.92 Å². The van der Waals surface area contributed by atoms with Gasteiger partial charge in [-0.3, -0.25) is 4.68 Å². The molecular formula is C8H15N3O2S. The minimum atomic E-state index is -3.11. The van der Waals surface area contributed by atoms with Gasteiger partial charge in [0, 0.05) is 31.9 Å². The van der Waals surface area contributed by atoms with Crippen LogP contribution in [0.4, 0.5) is 0 Å². The third-order valence-corrected chi connectivity index (χ3v) is 3.56. The molecule has 0 atom stereocenters. The summed E-state index contributed by atoms with van der Waals surface area (Å²) in [7, 11) is 0.278.